The van der Waals surface area contributed by atoms with Crippen molar-refractivity contribution in [3.8, 4) is 10.6 Å². The summed E-state index contributed by atoms with van der Waals surface area (Å²) in [4.78, 5) is 5.56. The molecule has 5 heteroatoms. The second-order valence-electron chi connectivity index (χ2n) is 3.89. The molecule has 0 saturated heterocycles. The zero-order chi connectivity index (χ0) is 11.8. The van der Waals surface area contributed by atoms with Crippen molar-refractivity contribution in [3.63, 3.8) is 0 Å². The average Bonchev–Trinajstić information content (AvgIpc) is 2.93. The van der Waals surface area contributed by atoms with Gasteiger partial charge in [-0.25, -0.2) is 9.50 Å². The van der Waals surface area contributed by atoms with Crippen LogP contribution in [0.25, 0.3) is 16.2 Å². The molecule has 0 bridgehead atoms. The fourth-order valence-corrected chi connectivity index (χ4v) is 2.68. The number of imidazole rings is 1. The summed E-state index contributed by atoms with van der Waals surface area (Å²) in [7, 11) is 0. The largest absolute Gasteiger partial charge is 0.325 e. The second kappa shape index (κ2) is 3.94. The van der Waals surface area contributed by atoms with Crippen LogP contribution in [0, 0.1) is 6.92 Å². The van der Waals surface area contributed by atoms with Crippen molar-refractivity contribution < 1.29 is 0 Å². The van der Waals surface area contributed by atoms with Crippen LogP contribution in [0.15, 0.2) is 29.8 Å². The molecule has 17 heavy (non-hydrogen) atoms. The lowest BCUT2D eigenvalue weighted by Crippen LogP contribution is -1.95. The van der Waals surface area contributed by atoms with E-state index in [9.17, 15) is 0 Å². The van der Waals surface area contributed by atoms with Crippen LogP contribution >= 0.6 is 11.3 Å². The van der Waals surface area contributed by atoms with E-state index in [-0.39, 0.29) is 0 Å². The number of aromatic nitrogens is 3. The Labute approximate surface area is 103 Å². The number of hydrogen-bond donors (Lipinski definition) is 1. The Kier molecular flexibility index (Phi) is 2.42. The molecule has 3 rings (SSSR count). The van der Waals surface area contributed by atoms with Gasteiger partial charge in [0.25, 0.3) is 0 Å². The molecule has 86 valence electrons. The van der Waals surface area contributed by atoms with E-state index in [0.717, 1.165) is 17.0 Å². The van der Waals surface area contributed by atoms with Crippen molar-refractivity contribution >= 4 is 17.0 Å². The van der Waals surface area contributed by atoms with E-state index in [1.54, 1.807) is 15.9 Å². The van der Waals surface area contributed by atoms with Gasteiger partial charge in [-0.05, 0) is 36.1 Å². The van der Waals surface area contributed by atoms with Gasteiger partial charge in [0, 0.05) is 6.54 Å². The summed E-state index contributed by atoms with van der Waals surface area (Å²) in [6, 6.07) is 6.08. The standard InChI is InChI=1S/C12H12N4S/c1-8-4-5-17-12(8)10-2-3-11-14-9(6-13)7-16(11)15-10/h2-5,7H,6,13H2,1H3. The third-order valence-corrected chi connectivity index (χ3v) is 3.71. The highest BCUT2D eigenvalue weighted by Crippen LogP contribution is 2.27. The van der Waals surface area contributed by atoms with E-state index in [4.69, 9.17) is 5.73 Å². The maximum absolute atomic E-state index is 5.57. The molecule has 3 heterocycles. The van der Waals surface area contributed by atoms with Gasteiger partial charge in [-0.3, -0.25) is 0 Å². The predicted octanol–water partition coefficient (Wildman–Crippen LogP) is 2.22. The highest BCUT2D eigenvalue weighted by atomic mass is 32.1. The molecule has 0 amide bonds. The van der Waals surface area contributed by atoms with E-state index >= 15 is 0 Å². The van der Waals surface area contributed by atoms with Crippen LogP contribution in [-0.4, -0.2) is 14.6 Å². The Morgan fingerprint density at radius 1 is 1.35 bits per heavy atom. The van der Waals surface area contributed by atoms with Crippen LogP contribution < -0.4 is 5.73 Å². The summed E-state index contributed by atoms with van der Waals surface area (Å²) in [5.74, 6) is 0. The Morgan fingerprint density at radius 2 is 2.24 bits per heavy atom. The summed E-state index contributed by atoms with van der Waals surface area (Å²) in [6.45, 7) is 2.54. The number of aryl methyl sites for hydroxylation is 1. The molecule has 2 N–H and O–H groups in total. The highest BCUT2D eigenvalue weighted by Gasteiger charge is 2.07. The molecule has 0 aliphatic carbocycles. The normalized spacial score (nSPS) is 11.2. The molecule has 3 aromatic rings. The minimum absolute atomic E-state index is 0.441. The van der Waals surface area contributed by atoms with Crippen LogP contribution in [-0.2, 0) is 6.54 Å². The van der Waals surface area contributed by atoms with Gasteiger partial charge in [-0.2, -0.15) is 5.10 Å². The van der Waals surface area contributed by atoms with Crippen LogP contribution in [0.3, 0.4) is 0 Å². The topological polar surface area (TPSA) is 56.2 Å². The van der Waals surface area contributed by atoms with Gasteiger partial charge in [-0.1, -0.05) is 0 Å². The highest BCUT2D eigenvalue weighted by molar-refractivity contribution is 7.13. The molecule has 0 saturated carbocycles. The van der Waals surface area contributed by atoms with E-state index in [2.05, 4.69) is 28.5 Å². The molecule has 0 radical (unpaired) electrons. The lowest BCUT2D eigenvalue weighted by atomic mass is 10.2. The second-order valence-corrected chi connectivity index (χ2v) is 4.81. The lowest BCUT2D eigenvalue weighted by molar-refractivity contribution is 0.935. The number of fused-ring (bicyclic) bond motifs is 1. The van der Waals surface area contributed by atoms with Crippen molar-refractivity contribution in [3.05, 3.63) is 41.0 Å². The first-order valence-electron chi connectivity index (χ1n) is 5.38. The minimum atomic E-state index is 0.441. The van der Waals surface area contributed by atoms with Crippen molar-refractivity contribution in [2.75, 3.05) is 0 Å². The van der Waals surface area contributed by atoms with Gasteiger partial charge in [0.1, 0.15) is 5.69 Å². The van der Waals surface area contributed by atoms with Crippen LogP contribution in [0.2, 0.25) is 0 Å². The molecule has 0 unspecified atom stereocenters. The van der Waals surface area contributed by atoms with E-state index < -0.39 is 0 Å². The van der Waals surface area contributed by atoms with Crippen molar-refractivity contribution in [1.82, 2.24) is 14.6 Å². The fourth-order valence-electron chi connectivity index (χ4n) is 1.79. The molecule has 0 aliphatic rings. The van der Waals surface area contributed by atoms with Gasteiger partial charge in [0.15, 0.2) is 5.65 Å². The molecule has 3 aromatic heterocycles. The SMILES string of the molecule is Cc1ccsc1-c1ccc2nc(CN)cn2n1. The molecule has 0 atom stereocenters. The van der Waals surface area contributed by atoms with Gasteiger partial charge in [0.2, 0.25) is 0 Å². The smallest absolute Gasteiger partial charge is 0.153 e. The predicted molar refractivity (Wildman–Crippen MR) is 68.9 cm³/mol. The molecule has 0 fully saturated rings. The summed E-state index contributed by atoms with van der Waals surface area (Å²) in [5.41, 5.74) is 9.49. The first-order valence-corrected chi connectivity index (χ1v) is 6.26. The molecular weight excluding hydrogens is 232 g/mol. The average molecular weight is 244 g/mol. The van der Waals surface area contributed by atoms with Crippen LogP contribution in [0.1, 0.15) is 11.3 Å². The Bertz CT molecular complexity index is 668. The number of thiophene rings is 1. The van der Waals surface area contributed by atoms with Gasteiger partial charge >= 0.3 is 0 Å². The van der Waals surface area contributed by atoms with Crippen LogP contribution in [0.4, 0.5) is 0 Å². The molecule has 0 aliphatic heterocycles. The third-order valence-electron chi connectivity index (χ3n) is 2.67. The molecule has 0 aromatic carbocycles. The van der Waals surface area contributed by atoms with Crippen molar-refractivity contribution in [2.24, 2.45) is 5.73 Å². The van der Waals surface area contributed by atoms with Gasteiger partial charge in [0.05, 0.1) is 16.8 Å². The van der Waals surface area contributed by atoms with Gasteiger partial charge in [-0.15, -0.1) is 11.3 Å². The van der Waals surface area contributed by atoms with Crippen molar-refractivity contribution in [1.29, 1.82) is 0 Å². The summed E-state index contributed by atoms with van der Waals surface area (Å²) >= 11 is 1.70. The molecular formula is C12H12N4S. The Morgan fingerprint density at radius 3 is 2.94 bits per heavy atom. The molecule has 4 nitrogen and oxygen atoms in total. The van der Waals surface area contributed by atoms with E-state index in [0.29, 0.717) is 6.54 Å². The maximum Gasteiger partial charge on any atom is 0.153 e. The Hall–Kier alpha value is -1.72. The Balaban J connectivity index is 2.16. The number of nitrogens with zero attached hydrogens (tertiary/aromatic N) is 3. The first-order chi connectivity index (χ1) is 8.28. The fraction of sp³-hybridized carbons (Fsp3) is 0.167. The number of rotatable bonds is 2. The van der Waals surface area contributed by atoms with Crippen LogP contribution in [0.5, 0.6) is 0 Å². The number of hydrogen-bond acceptors (Lipinski definition) is 4. The van der Waals surface area contributed by atoms with Crippen molar-refractivity contribution in [2.45, 2.75) is 13.5 Å². The summed E-state index contributed by atoms with van der Waals surface area (Å²) in [5, 5.41) is 6.64. The van der Waals surface area contributed by atoms with Gasteiger partial charge < -0.3 is 5.73 Å². The van der Waals surface area contributed by atoms with E-state index in [1.165, 1.54) is 10.4 Å². The monoisotopic (exact) mass is 244 g/mol. The third kappa shape index (κ3) is 1.73. The zero-order valence-electron chi connectivity index (χ0n) is 9.42. The molecule has 0 spiro atoms. The number of nitrogens with two attached hydrogens (primary N) is 1. The van der Waals surface area contributed by atoms with E-state index in [1.807, 2.05) is 18.3 Å². The lowest BCUT2D eigenvalue weighted by Gasteiger charge is -1.99. The first kappa shape index (κ1) is 10.4. The zero-order valence-corrected chi connectivity index (χ0v) is 10.2. The minimum Gasteiger partial charge on any atom is -0.325 e. The quantitative estimate of drug-likeness (QED) is 0.752. The summed E-state index contributed by atoms with van der Waals surface area (Å²) in [6.07, 6.45) is 1.88. The maximum atomic E-state index is 5.57. The summed E-state index contributed by atoms with van der Waals surface area (Å²) < 4.78 is 1.79.